The number of ether oxygens (including phenoxy) is 1. The Morgan fingerprint density at radius 1 is 1.41 bits per heavy atom. The van der Waals surface area contributed by atoms with Crippen LogP contribution in [0.25, 0.3) is 0 Å². The van der Waals surface area contributed by atoms with Crippen LogP contribution in [0.1, 0.15) is 37.9 Å². The fourth-order valence-electron chi connectivity index (χ4n) is 1.87. The molecule has 0 bridgehead atoms. The summed E-state index contributed by atoms with van der Waals surface area (Å²) in [5.41, 5.74) is 2.18. The SMILES string of the molecule is CCc1ccc(OC)c(C(N=C=O)C(C)C)c1. The first-order valence-corrected chi connectivity index (χ1v) is 5.87. The van der Waals surface area contributed by atoms with E-state index in [0.717, 1.165) is 17.7 Å². The van der Waals surface area contributed by atoms with Crippen molar-refractivity contribution in [3.8, 4) is 5.75 Å². The van der Waals surface area contributed by atoms with Crippen molar-refractivity contribution < 1.29 is 9.53 Å². The summed E-state index contributed by atoms with van der Waals surface area (Å²) >= 11 is 0. The predicted molar refractivity (Wildman–Crippen MR) is 68.1 cm³/mol. The molecule has 1 rings (SSSR count). The van der Waals surface area contributed by atoms with E-state index in [2.05, 4.69) is 18.0 Å². The number of rotatable bonds is 5. The van der Waals surface area contributed by atoms with Gasteiger partial charge in [-0.15, -0.1) is 0 Å². The van der Waals surface area contributed by atoms with E-state index in [1.165, 1.54) is 5.56 Å². The summed E-state index contributed by atoms with van der Waals surface area (Å²) in [4.78, 5) is 14.4. The fraction of sp³-hybridized carbons (Fsp3) is 0.500. The highest BCUT2D eigenvalue weighted by Crippen LogP contribution is 2.33. The molecule has 0 radical (unpaired) electrons. The standard InChI is InChI=1S/C14H19NO2/c1-5-11-6-7-13(17-4)12(8-11)14(10(2)3)15-9-16/h6-8,10,14H,5H2,1-4H3. The Labute approximate surface area is 103 Å². The molecular formula is C14H19NO2. The van der Waals surface area contributed by atoms with Gasteiger partial charge in [-0.3, -0.25) is 0 Å². The molecule has 0 aromatic heterocycles. The van der Waals surface area contributed by atoms with Crippen molar-refractivity contribution in [2.75, 3.05) is 7.11 Å². The van der Waals surface area contributed by atoms with E-state index in [1.807, 2.05) is 26.0 Å². The molecule has 0 aliphatic carbocycles. The summed E-state index contributed by atoms with van der Waals surface area (Å²) in [6.07, 6.45) is 2.61. The Balaban J connectivity index is 3.27. The molecule has 0 fully saturated rings. The van der Waals surface area contributed by atoms with E-state index < -0.39 is 0 Å². The molecule has 0 aliphatic rings. The van der Waals surface area contributed by atoms with Gasteiger partial charge in [0.2, 0.25) is 6.08 Å². The van der Waals surface area contributed by atoms with E-state index in [4.69, 9.17) is 4.74 Å². The predicted octanol–water partition coefficient (Wildman–Crippen LogP) is 3.29. The van der Waals surface area contributed by atoms with Gasteiger partial charge in [-0.25, -0.2) is 4.79 Å². The van der Waals surface area contributed by atoms with Gasteiger partial charge >= 0.3 is 0 Å². The van der Waals surface area contributed by atoms with Gasteiger partial charge in [-0.05, 0) is 30.0 Å². The lowest BCUT2D eigenvalue weighted by Gasteiger charge is -2.18. The molecule has 3 nitrogen and oxygen atoms in total. The molecule has 0 amide bonds. The summed E-state index contributed by atoms with van der Waals surface area (Å²) < 4.78 is 5.33. The van der Waals surface area contributed by atoms with Crippen LogP contribution in [0.15, 0.2) is 23.2 Å². The quantitative estimate of drug-likeness (QED) is 0.578. The number of benzene rings is 1. The molecule has 1 aromatic carbocycles. The minimum atomic E-state index is -0.186. The van der Waals surface area contributed by atoms with E-state index in [0.29, 0.717) is 0 Å². The highest BCUT2D eigenvalue weighted by molar-refractivity contribution is 5.43. The van der Waals surface area contributed by atoms with E-state index >= 15 is 0 Å². The molecular weight excluding hydrogens is 214 g/mol. The van der Waals surface area contributed by atoms with E-state index in [1.54, 1.807) is 13.2 Å². The maximum absolute atomic E-state index is 10.5. The summed E-state index contributed by atoms with van der Waals surface area (Å²) in [6, 6.07) is 5.84. The van der Waals surface area contributed by atoms with Crippen LogP contribution in [-0.2, 0) is 11.2 Å². The number of hydrogen-bond donors (Lipinski definition) is 0. The Bertz CT molecular complexity index is 420. The Kier molecular flexibility index (Phi) is 4.92. The number of aryl methyl sites for hydroxylation is 1. The average Bonchev–Trinajstić information content (AvgIpc) is 2.34. The van der Waals surface area contributed by atoms with Gasteiger partial charge in [0.25, 0.3) is 0 Å². The fourth-order valence-corrected chi connectivity index (χ4v) is 1.87. The minimum absolute atomic E-state index is 0.186. The molecule has 0 N–H and O–H groups in total. The molecule has 1 atom stereocenters. The minimum Gasteiger partial charge on any atom is -0.496 e. The average molecular weight is 233 g/mol. The molecule has 92 valence electrons. The van der Waals surface area contributed by atoms with Crippen LogP contribution in [0.4, 0.5) is 0 Å². The normalized spacial score (nSPS) is 12.1. The molecule has 0 aliphatic heterocycles. The Morgan fingerprint density at radius 3 is 2.59 bits per heavy atom. The zero-order valence-electron chi connectivity index (χ0n) is 10.9. The van der Waals surface area contributed by atoms with E-state index in [9.17, 15) is 4.79 Å². The Morgan fingerprint density at radius 2 is 2.12 bits per heavy atom. The lowest BCUT2D eigenvalue weighted by atomic mass is 9.94. The molecule has 0 spiro atoms. The van der Waals surface area contributed by atoms with Crippen LogP contribution in [0.2, 0.25) is 0 Å². The van der Waals surface area contributed by atoms with Crippen LogP contribution in [-0.4, -0.2) is 13.2 Å². The molecule has 3 heteroatoms. The zero-order valence-corrected chi connectivity index (χ0v) is 10.9. The smallest absolute Gasteiger partial charge is 0.235 e. The molecule has 1 unspecified atom stereocenters. The monoisotopic (exact) mass is 233 g/mol. The van der Waals surface area contributed by atoms with Crippen LogP contribution >= 0.6 is 0 Å². The van der Waals surface area contributed by atoms with Crippen LogP contribution in [0, 0.1) is 5.92 Å². The first kappa shape index (κ1) is 13.5. The maximum Gasteiger partial charge on any atom is 0.235 e. The number of aliphatic imine (C=N–C) groups is 1. The topological polar surface area (TPSA) is 38.7 Å². The third kappa shape index (κ3) is 3.18. The van der Waals surface area contributed by atoms with Gasteiger partial charge in [-0.2, -0.15) is 4.99 Å². The van der Waals surface area contributed by atoms with Gasteiger partial charge in [0.15, 0.2) is 0 Å². The number of methoxy groups -OCH3 is 1. The lowest BCUT2D eigenvalue weighted by Crippen LogP contribution is -2.06. The number of carbonyl (C=O) groups excluding carboxylic acids is 1. The molecule has 0 saturated heterocycles. The van der Waals surface area contributed by atoms with Crippen molar-refractivity contribution in [1.29, 1.82) is 0 Å². The van der Waals surface area contributed by atoms with Gasteiger partial charge < -0.3 is 4.74 Å². The van der Waals surface area contributed by atoms with Crippen molar-refractivity contribution in [1.82, 2.24) is 0 Å². The highest BCUT2D eigenvalue weighted by Gasteiger charge is 2.19. The van der Waals surface area contributed by atoms with E-state index in [-0.39, 0.29) is 12.0 Å². The number of nitrogens with zero attached hydrogens (tertiary/aromatic N) is 1. The number of hydrogen-bond acceptors (Lipinski definition) is 3. The molecule has 0 heterocycles. The lowest BCUT2D eigenvalue weighted by molar-refractivity contribution is 0.396. The van der Waals surface area contributed by atoms with Crippen LogP contribution in [0.3, 0.4) is 0 Å². The molecule has 0 saturated carbocycles. The summed E-state index contributed by atoms with van der Waals surface area (Å²) in [5, 5.41) is 0. The van der Waals surface area contributed by atoms with Crippen LogP contribution in [0.5, 0.6) is 5.75 Å². The first-order valence-electron chi connectivity index (χ1n) is 5.87. The van der Waals surface area contributed by atoms with Crippen molar-refractivity contribution in [2.24, 2.45) is 10.9 Å². The second-order valence-corrected chi connectivity index (χ2v) is 4.34. The third-order valence-electron chi connectivity index (χ3n) is 2.84. The summed E-state index contributed by atoms with van der Waals surface area (Å²) in [5.74, 6) is 1.01. The van der Waals surface area contributed by atoms with Crippen LogP contribution < -0.4 is 4.74 Å². The van der Waals surface area contributed by atoms with Gasteiger partial charge in [0, 0.05) is 5.56 Å². The molecule has 1 aromatic rings. The Hall–Kier alpha value is -1.60. The second-order valence-electron chi connectivity index (χ2n) is 4.34. The van der Waals surface area contributed by atoms with Gasteiger partial charge in [-0.1, -0.05) is 26.8 Å². The van der Waals surface area contributed by atoms with Crippen molar-refractivity contribution in [3.63, 3.8) is 0 Å². The summed E-state index contributed by atoms with van der Waals surface area (Å²) in [7, 11) is 1.63. The maximum atomic E-state index is 10.5. The second kappa shape index (κ2) is 6.21. The largest absolute Gasteiger partial charge is 0.496 e. The van der Waals surface area contributed by atoms with Crippen molar-refractivity contribution in [3.05, 3.63) is 29.3 Å². The number of isocyanates is 1. The van der Waals surface area contributed by atoms with Crippen molar-refractivity contribution >= 4 is 6.08 Å². The van der Waals surface area contributed by atoms with Gasteiger partial charge in [0.1, 0.15) is 5.75 Å². The zero-order chi connectivity index (χ0) is 12.8. The van der Waals surface area contributed by atoms with Gasteiger partial charge in [0.05, 0.1) is 13.2 Å². The van der Waals surface area contributed by atoms with Crippen molar-refractivity contribution in [2.45, 2.75) is 33.2 Å². The first-order chi connectivity index (χ1) is 8.13. The third-order valence-corrected chi connectivity index (χ3v) is 2.84. The highest BCUT2D eigenvalue weighted by atomic mass is 16.5. The molecule has 17 heavy (non-hydrogen) atoms. The summed E-state index contributed by atoms with van der Waals surface area (Å²) in [6.45, 7) is 6.16.